The Bertz CT molecular complexity index is 909. The highest BCUT2D eigenvalue weighted by Crippen LogP contribution is 2.25. The maximum atomic E-state index is 10.7. The maximum Gasteiger partial charge on any atom is 0.410 e. The third kappa shape index (κ3) is 3.71. The van der Waals surface area contributed by atoms with E-state index in [1.54, 1.807) is 38.5 Å². The van der Waals surface area contributed by atoms with Crippen LogP contribution in [0.25, 0.3) is 5.65 Å². The number of methoxy groups -OCH3 is 2. The van der Waals surface area contributed by atoms with Crippen molar-refractivity contribution in [2.75, 3.05) is 19.5 Å². The largest absolute Gasteiger partial charge is 0.497 e. The molecule has 2 heterocycles. The van der Waals surface area contributed by atoms with Gasteiger partial charge in [-0.2, -0.15) is 0 Å². The Morgan fingerprint density at radius 2 is 2.08 bits per heavy atom. The van der Waals surface area contributed by atoms with Gasteiger partial charge in [-0.05, 0) is 24.3 Å². The van der Waals surface area contributed by atoms with Gasteiger partial charge in [0.15, 0.2) is 11.5 Å². The highest BCUT2D eigenvalue weighted by atomic mass is 16.5. The molecule has 0 aliphatic rings. The summed E-state index contributed by atoms with van der Waals surface area (Å²) in [5.41, 5.74) is 1.30. The van der Waals surface area contributed by atoms with Crippen LogP contribution in [0.4, 0.5) is 10.6 Å². The van der Waals surface area contributed by atoms with Gasteiger partial charge in [0.25, 0.3) is 0 Å². The van der Waals surface area contributed by atoms with Crippen LogP contribution in [-0.2, 0) is 6.61 Å². The van der Waals surface area contributed by atoms with Gasteiger partial charge in [-0.15, -0.1) is 5.10 Å². The van der Waals surface area contributed by atoms with Crippen LogP contribution in [0.5, 0.6) is 17.4 Å². The number of ether oxygens (including phenoxy) is 3. The summed E-state index contributed by atoms with van der Waals surface area (Å²) in [6.45, 7) is 0.230. The van der Waals surface area contributed by atoms with Crippen molar-refractivity contribution in [3.05, 3.63) is 42.1 Å². The molecule has 25 heavy (non-hydrogen) atoms. The molecule has 1 amide bonds. The molecule has 9 nitrogen and oxygen atoms in total. The SMILES string of the molecule is COc1ccc(OC)c(COc2ccc3nc(NC(=O)O)cn3n2)c1. The van der Waals surface area contributed by atoms with E-state index < -0.39 is 6.09 Å². The first-order valence-electron chi connectivity index (χ1n) is 7.29. The second kappa shape index (κ2) is 6.95. The van der Waals surface area contributed by atoms with Crippen molar-refractivity contribution < 1.29 is 24.1 Å². The summed E-state index contributed by atoms with van der Waals surface area (Å²) in [7, 11) is 3.17. The first-order chi connectivity index (χ1) is 12.1. The number of amides is 1. The summed E-state index contributed by atoms with van der Waals surface area (Å²) < 4.78 is 17.6. The zero-order valence-electron chi connectivity index (χ0n) is 13.6. The van der Waals surface area contributed by atoms with E-state index in [1.807, 2.05) is 6.07 Å². The molecule has 0 unspecified atom stereocenters. The first-order valence-corrected chi connectivity index (χ1v) is 7.29. The zero-order valence-corrected chi connectivity index (χ0v) is 13.6. The third-order valence-corrected chi connectivity index (χ3v) is 3.39. The number of aromatic nitrogens is 3. The molecule has 0 saturated heterocycles. The average Bonchev–Trinajstić information content (AvgIpc) is 3.00. The predicted octanol–water partition coefficient (Wildman–Crippen LogP) is 2.42. The Hall–Kier alpha value is -3.49. The van der Waals surface area contributed by atoms with Crippen molar-refractivity contribution in [3.8, 4) is 17.4 Å². The second-order valence-corrected chi connectivity index (χ2v) is 5.00. The number of carboxylic acid groups (broad SMARTS) is 1. The summed E-state index contributed by atoms with van der Waals surface area (Å²) in [4.78, 5) is 14.7. The number of rotatable bonds is 6. The molecular formula is C16H16N4O5. The van der Waals surface area contributed by atoms with Crippen molar-refractivity contribution >= 4 is 17.6 Å². The fraction of sp³-hybridized carbons (Fsp3) is 0.188. The number of anilines is 1. The molecule has 0 bridgehead atoms. The summed E-state index contributed by atoms with van der Waals surface area (Å²) in [6.07, 6.45) is 0.271. The van der Waals surface area contributed by atoms with Gasteiger partial charge in [0.2, 0.25) is 5.88 Å². The minimum absolute atomic E-state index is 0.187. The summed E-state index contributed by atoms with van der Waals surface area (Å²) in [5, 5.41) is 15.1. The highest BCUT2D eigenvalue weighted by Gasteiger charge is 2.09. The van der Waals surface area contributed by atoms with Crippen LogP contribution in [0.2, 0.25) is 0 Å². The average molecular weight is 344 g/mol. The van der Waals surface area contributed by atoms with E-state index in [4.69, 9.17) is 19.3 Å². The second-order valence-electron chi connectivity index (χ2n) is 5.00. The van der Waals surface area contributed by atoms with Gasteiger partial charge in [0.1, 0.15) is 18.1 Å². The van der Waals surface area contributed by atoms with Crippen molar-refractivity contribution in [3.63, 3.8) is 0 Å². The minimum Gasteiger partial charge on any atom is -0.497 e. The molecule has 2 aromatic heterocycles. The Kier molecular flexibility index (Phi) is 4.55. The van der Waals surface area contributed by atoms with E-state index in [-0.39, 0.29) is 12.4 Å². The maximum absolute atomic E-state index is 10.7. The number of nitrogens with one attached hydrogen (secondary N) is 1. The summed E-state index contributed by atoms with van der Waals surface area (Å²) >= 11 is 0. The van der Waals surface area contributed by atoms with Gasteiger partial charge in [0.05, 0.1) is 20.4 Å². The van der Waals surface area contributed by atoms with Crippen LogP contribution < -0.4 is 19.5 Å². The molecule has 2 N–H and O–H groups in total. The normalized spacial score (nSPS) is 10.5. The van der Waals surface area contributed by atoms with Gasteiger partial charge >= 0.3 is 6.09 Å². The standard InChI is InChI=1S/C16H16N4O5/c1-23-11-3-4-12(24-2)10(7-11)9-25-15-6-5-14-17-13(18-16(21)22)8-20(14)19-15/h3-8,18H,9H2,1-2H3,(H,21,22). The van der Waals surface area contributed by atoms with E-state index in [2.05, 4.69) is 15.4 Å². The summed E-state index contributed by atoms with van der Waals surface area (Å²) in [6, 6.07) is 8.75. The van der Waals surface area contributed by atoms with Gasteiger partial charge in [-0.3, -0.25) is 5.32 Å². The molecule has 0 aliphatic heterocycles. The number of carbonyl (C=O) groups is 1. The Labute approximate surface area is 142 Å². The molecule has 130 valence electrons. The van der Waals surface area contributed by atoms with E-state index >= 15 is 0 Å². The van der Waals surface area contributed by atoms with Gasteiger partial charge in [0, 0.05) is 11.6 Å². The lowest BCUT2D eigenvalue weighted by molar-refractivity contribution is 0.209. The Morgan fingerprint density at radius 3 is 2.80 bits per heavy atom. The number of hydrogen-bond acceptors (Lipinski definition) is 6. The number of fused-ring (bicyclic) bond motifs is 1. The molecular weight excluding hydrogens is 328 g/mol. The topological polar surface area (TPSA) is 107 Å². The van der Waals surface area contributed by atoms with Crippen LogP contribution in [-0.4, -0.2) is 40.0 Å². The zero-order chi connectivity index (χ0) is 17.8. The number of imidazole rings is 1. The van der Waals surface area contributed by atoms with E-state index in [0.717, 1.165) is 5.56 Å². The van der Waals surface area contributed by atoms with Crippen molar-refractivity contribution in [1.29, 1.82) is 0 Å². The number of benzene rings is 1. The molecule has 0 radical (unpaired) electrons. The third-order valence-electron chi connectivity index (χ3n) is 3.39. The molecule has 0 spiro atoms. The number of hydrogen-bond donors (Lipinski definition) is 2. The molecule has 0 aliphatic carbocycles. The van der Waals surface area contributed by atoms with Crippen molar-refractivity contribution in [1.82, 2.24) is 14.6 Å². The molecule has 0 fully saturated rings. The van der Waals surface area contributed by atoms with Gasteiger partial charge in [-0.25, -0.2) is 14.3 Å². The van der Waals surface area contributed by atoms with Crippen molar-refractivity contribution in [2.24, 2.45) is 0 Å². The lowest BCUT2D eigenvalue weighted by Crippen LogP contribution is -2.07. The van der Waals surface area contributed by atoms with Crippen LogP contribution in [0.3, 0.4) is 0 Å². The van der Waals surface area contributed by atoms with Crippen molar-refractivity contribution in [2.45, 2.75) is 6.61 Å². The lowest BCUT2D eigenvalue weighted by atomic mass is 10.2. The smallest absolute Gasteiger partial charge is 0.410 e. The Balaban J connectivity index is 1.78. The van der Waals surface area contributed by atoms with Crippen LogP contribution in [0.1, 0.15) is 5.56 Å². The highest BCUT2D eigenvalue weighted by molar-refractivity contribution is 5.81. The molecule has 3 rings (SSSR count). The minimum atomic E-state index is -1.19. The quantitative estimate of drug-likeness (QED) is 0.707. The monoisotopic (exact) mass is 344 g/mol. The number of nitrogens with zero attached hydrogens (tertiary/aromatic N) is 3. The van der Waals surface area contributed by atoms with Gasteiger partial charge in [-0.1, -0.05) is 0 Å². The van der Waals surface area contributed by atoms with Crippen LogP contribution >= 0.6 is 0 Å². The Morgan fingerprint density at radius 1 is 1.24 bits per heavy atom. The fourth-order valence-corrected chi connectivity index (χ4v) is 2.26. The van der Waals surface area contributed by atoms with Crippen LogP contribution in [0.15, 0.2) is 36.5 Å². The molecule has 3 aromatic rings. The summed E-state index contributed by atoms with van der Waals surface area (Å²) in [5.74, 6) is 1.92. The van der Waals surface area contributed by atoms with Crippen LogP contribution in [0, 0.1) is 0 Å². The lowest BCUT2D eigenvalue weighted by Gasteiger charge is -2.11. The molecule has 0 atom stereocenters. The van der Waals surface area contributed by atoms with E-state index in [1.165, 1.54) is 10.7 Å². The molecule has 1 aromatic carbocycles. The molecule has 9 heteroatoms. The molecule has 0 saturated carbocycles. The van der Waals surface area contributed by atoms with E-state index in [0.29, 0.717) is 23.0 Å². The van der Waals surface area contributed by atoms with Gasteiger partial charge < -0.3 is 19.3 Å². The first kappa shape index (κ1) is 16.4. The predicted molar refractivity (Wildman–Crippen MR) is 88.5 cm³/mol. The van der Waals surface area contributed by atoms with E-state index in [9.17, 15) is 4.79 Å². The fourth-order valence-electron chi connectivity index (χ4n) is 2.26.